The summed E-state index contributed by atoms with van der Waals surface area (Å²) in [5.41, 5.74) is 8.83. The van der Waals surface area contributed by atoms with Crippen LogP contribution in [0.1, 0.15) is 22.1 Å². The Labute approximate surface area is 115 Å². The van der Waals surface area contributed by atoms with Crippen molar-refractivity contribution in [2.75, 3.05) is 5.73 Å². The van der Waals surface area contributed by atoms with Gasteiger partial charge in [0, 0.05) is 12.0 Å². The van der Waals surface area contributed by atoms with Gasteiger partial charge in [0.25, 0.3) is 0 Å². The molecular weight excluding hydrogens is 256 g/mol. The van der Waals surface area contributed by atoms with Crippen molar-refractivity contribution in [1.82, 2.24) is 15.0 Å². The van der Waals surface area contributed by atoms with Crippen molar-refractivity contribution in [3.8, 4) is 0 Å². The number of hydrogen-bond acceptors (Lipinski definition) is 5. The van der Waals surface area contributed by atoms with Gasteiger partial charge >= 0.3 is 0 Å². The summed E-state index contributed by atoms with van der Waals surface area (Å²) >= 11 is 1.70. The fourth-order valence-electron chi connectivity index (χ4n) is 2.02. The molecule has 2 heterocycles. The Kier molecular flexibility index (Phi) is 2.91. The molecule has 0 atom stereocenters. The number of fused-ring (bicyclic) bond motifs is 1. The molecule has 0 radical (unpaired) electrons. The average Bonchev–Trinajstić information content (AvgIpc) is 2.77. The van der Waals surface area contributed by atoms with Crippen molar-refractivity contribution in [2.24, 2.45) is 0 Å². The van der Waals surface area contributed by atoms with Crippen molar-refractivity contribution in [1.29, 1.82) is 0 Å². The highest BCUT2D eigenvalue weighted by Gasteiger charge is 2.10. The van der Waals surface area contributed by atoms with Gasteiger partial charge in [0.15, 0.2) is 0 Å². The predicted octanol–water partition coefficient (Wildman–Crippen LogP) is 2.88. The number of nitrogens with two attached hydrogens (primary N) is 1. The molecule has 4 nitrogen and oxygen atoms in total. The Morgan fingerprint density at radius 1 is 1.11 bits per heavy atom. The SMILES string of the molecule is Cc1nc(N)c(C)c(Cc2nc3ccccc3s2)n1. The third-order valence-corrected chi connectivity index (χ3v) is 4.09. The summed E-state index contributed by atoms with van der Waals surface area (Å²) in [6, 6.07) is 8.15. The second kappa shape index (κ2) is 4.59. The van der Waals surface area contributed by atoms with E-state index in [4.69, 9.17) is 5.73 Å². The van der Waals surface area contributed by atoms with Crippen molar-refractivity contribution >= 4 is 27.4 Å². The van der Waals surface area contributed by atoms with E-state index in [1.54, 1.807) is 11.3 Å². The van der Waals surface area contributed by atoms with E-state index >= 15 is 0 Å². The van der Waals surface area contributed by atoms with Gasteiger partial charge < -0.3 is 5.73 Å². The summed E-state index contributed by atoms with van der Waals surface area (Å²) in [5.74, 6) is 1.27. The van der Waals surface area contributed by atoms with Gasteiger partial charge in [-0.3, -0.25) is 0 Å². The molecular formula is C14H14N4S. The molecule has 0 unspecified atom stereocenters. The van der Waals surface area contributed by atoms with Crippen molar-refractivity contribution < 1.29 is 0 Å². The minimum Gasteiger partial charge on any atom is -0.383 e. The number of benzene rings is 1. The lowest BCUT2D eigenvalue weighted by atomic mass is 10.2. The van der Waals surface area contributed by atoms with Gasteiger partial charge in [-0.1, -0.05) is 12.1 Å². The Bertz CT molecular complexity index is 715. The van der Waals surface area contributed by atoms with E-state index < -0.39 is 0 Å². The number of aromatic nitrogens is 3. The fourth-order valence-corrected chi connectivity index (χ4v) is 2.99. The van der Waals surface area contributed by atoms with E-state index in [0.29, 0.717) is 18.1 Å². The zero-order chi connectivity index (χ0) is 13.4. The van der Waals surface area contributed by atoms with Crippen molar-refractivity contribution in [3.05, 3.63) is 46.4 Å². The summed E-state index contributed by atoms with van der Waals surface area (Å²) in [6.45, 7) is 3.81. The maximum absolute atomic E-state index is 5.88. The highest BCUT2D eigenvalue weighted by atomic mass is 32.1. The molecule has 0 aliphatic rings. The van der Waals surface area contributed by atoms with Gasteiger partial charge in [0.2, 0.25) is 0 Å². The molecule has 0 amide bonds. The van der Waals surface area contributed by atoms with Crippen LogP contribution in [-0.4, -0.2) is 15.0 Å². The molecule has 0 aliphatic carbocycles. The van der Waals surface area contributed by atoms with Crippen LogP contribution in [0.15, 0.2) is 24.3 Å². The van der Waals surface area contributed by atoms with Gasteiger partial charge in [-0.2, -0.15) is 0 Å². The number of para-hydroxylation sites is 1. The molecule has 0 saturated carbocycles. The highest BCUT2D eigenvalue weighted by Crippen LogP contribution is 2.24. The maximum Gasteiger partial charge on any atom is 0.130 e. The highest BCUT2D eigenvalue weighted by molar-refractivity contribution is 7.18. The predicted molar refractivity (Wildman–Crippen MR) is 78.3 cm³/mol. The molecule has 3 aromatic rings. The van der Waals surface area contributed by atoms with Gasteiger partial charge in [-0.05, 0) is 26.0 Å². The number of anilines is 1. The smallest absolute Gasteiger partial charge is 0.130 e. The molecule has 5 heteroatoms. The number of aryl methyl sites for hydroxylation is 1. The summed E-state index contributed by atoms with van der Waals surface area (Å²) in [5, 5.41) is 1.06. The van der Waals surface area contributed by atoms with Gasteiger partial charge in [0.1, 0.15) is 11.6 Å². The van der Waals surface area contributed by atoms with E-state index in [9.17, 15) is 0 Å². The Morgan fingerprint density at radius 3 is 2.68 bits per heavy atom. The van der Waals surface area contributed by atoms with Crippen molar-refractivity contribution in [3.63, 3.8) is 0 Å². The van der Waals surface area contributed by atoms with Gasteiger partial charge in [-0.25, -0.2) is 15.0 Å². The van der Waals surface area contributed by atoms with E-state index in [1.807, 2.05) is 32.0 Å². The minimum absolute atomic E-state index is 0.559. The van der Waals surface area contributed by atoms with E-state index in [0.717, 1.165) is 21.8 Å². The molecule has 3 rings (SSSR count). The fraction of sp³-hybridized carbons (Fsp3) is 0.214. The van der Waals surface area contributed by atoms with Crippen LogP contribution < -0.4 is 5.73 Å². The van der Waals surface area contributed by atoms with Crippen LogP contribution in [0, 0.1) is 13.8 Å². The Balaban J connectivity index is 2.01. The Morgan fingerprint density at radius 2 is 1.89 bits per heavy atom. The number of hydrogen-bond donors (Lipinski definition) is 1. The second-order valence-electron chi connectivity index (χ2n) is 4.48. The van der Waals surface area contributed by atoms with Crippen LogP contribution in [0.25, 0.3) is 10.2 Å². The first-order valence-corrected chi connectivity index (χ1v) is 6.89. The lowest BCUT2D eigenvalue weighted by Gasteiger charge is -2.06. The van der Waals surface area contributed by atoms with E-state index in [2.05, 4.69) is 21.0 Å². The number of nitrogen functional groups attached to an aromatic ring is 1. The number of nitrogens with zero attached hydrogens (tertiary/aromatic N) is 3. The minimum atomic E-state index is 0.559. The normalized spacial score (nSPS) is 11.1. The zero-order valence-corrected chi connectivity index (χ0v) is 11.7. The lowest BCUT2D eigenvalue weighted by Crippen LogP contribution is -2.05. The number of thiazole rings is 1. The van der Waals surface area contributed by atoms with Crippen LogP contribution in [0.2, 0.25) is 0 Å². The zero-order valence-electron chi connectivity index (χ0n) is 10.8. The van der Waals surface area contributed by atoms with Crippen LogP contribution in [0.3, 0.4) is 0 Å². The van der Waals surface area contributed by atoms with Crippen LogP contribution in [0.5, 0.6) is 0 Å². The molecule has 0 bridgehead atoms. The van der Waals surface area contributed by atoms with Crippen molar-refractivity contribution in [2.45, 2.75) is 20.3 Å². The van der Waals surface area contributed by atoms with Gasteiger partial charge in [-0.15, -0.1) is 11.3 Å². The molecule has 2 N–H and O–H groups in total. The molecule has 0 fully saturated rings. The molecule has 0 saturated heterocycles. The quantitative estimate of drug-likeness (QED) is 0.777. The Hall–Kier alpha value is -2.01. The first-order chi connectivity index (χ1) is 9.13. The third-order valence-electron chi connectivity index (χ3n) is 3.05. The molecule has 2 aromatic heterocycles. The second-order valence-corrected chi connectivity index (χ2v) is 5.60. The average molecular weight is 270 g/mol. The summed E-state index contributed by atoms with van der Waals surface area (Å²) < 4.78 is 1.20. The first kappa shape index (κ1) is 12.0. The van der Waals surface area contributed by atoms with E-state index in [1.165, 1.54) is 4.70 Å². The topological polar surface area (TPSA) is 64.7 Å². The van der Waals surface area contributed by atoms with Crippen LogP contribution in [-0.2, 0) is 6.42 Å². The molecule has 0 aliphatic heterocycles. The molecule has 0 spiro atoms. The summed E-state index contributed by atoms with van der Waals surface area (Å²) in [6.07, 6.45) is 0.707. The standard InChI is InChI=1S/C14H14N4S/c1-8-11(16-9(2)17-14(8)15)7-13-18-10-5-3-4-6-12(10)19-13/h3-6H,7H2,1-2H3,(H2,15,16,17). The van der Waals surface area contributed by atoms with Crippen LogP contribution in [0.4, 0.5) is 5.82 Å². The lowest BCUT2D eigenvalue weighted by molar-refractivity contribution is 0.947. The summed E-state index contributed by atoms with van der Waals surface area (Å²) in [4.78, 5) is 13.3. The molecule has 19 heavy (non-hydrogen) atoms. The first-order valence-electron chi connectivity index (χ1n) is 6.07. The van der Waals surface area contributed by atoms with E-state index in [-0.39, 0.29) is 0 Å². The van der Waals surface area contributed by atoms with Gasteiger partial charge in [0.05, 0.1) is 20.9 Å². The largest absolute Gasteiger partial charge is 0.383 e. The monoisotopic (exact) mass is 270 g/mol. The number of rotatable bonds is 2. The third kappa shape index (κ3) is 2.29. The summed E-state index contributed by atoms with van der Waals surface area (Å²) in [7, 11) is 0. The molecule has 96 valence electrons. The van der Waals surface area contributed by atoms with Crippen LogP contribution >= 0.6 is 11.3 Å². The maximum atomic E-state index is 5.88. The molecule has 1 aromatic carbocycles.